The van der Waals surface area contributed by atoms with Crippen LogP contribution in [0, 0.1) is 0 Å². The zero-order valence-electron chi connectivity index (χ0n) is 28.2. The van der Waals surface area contributed by atoms with Crippen molar-refractivity contribution in [2.24, 2.45) is 0 Å². The maximum atomic E-state index is 2.51. The molecule has 0 aliphatic heterocycles. The SMILES string of the molecule is CC1(C)c2ccc(N(c3ccc4ccccc4c3-c3ccc4ccccc4c3)c3cccc4ccccc34)cc2-c2cc3ccccc3cc21. The fourth-order valence-corrected chi connectivity index (χ4v) is 8.47. The number of anilines is 3. The van der Waals surface area contributed by atoms with Gasteiger partial charge in [0.15, 0.2) is 0 Å². The van der Waals surface area contributed by atoms with E-state index in [0.717, 1.165) is 17.1 Å². The molecule has 0 spiro atoms. The number of benzene rings is 9. The van der Waals surface area contributed by atoms with Gasteiger partial charge >= 0.3 is 0 Å². The van der Waals surface area contributed by atoms with E-state index in [2.05, 4.69) is 195 Å². The molecule has 1 heteroatoms. The quantitative estimate of drug-likeness (QED) is 0.186. The molecule has 0 radical (unpaired) electrons. The summed E-state index contributed by atoms with van der Waals surface area (Å²) in [6.07, 6.45) is 0. The standard InChI is InChI=1S/C49H35N/c1-49(2)44-26-25-39(31-43(44)42-29-36-16-5-6-17-37(36)30-45(42)49)50(46-21-11-18-33-13-7-9-19-40(33)46)47-27-24-34-14-8-10-20-41(34)48(47)38-23-22-32-12-3-4-15-35(32)28-38/h3-31H,1-2H3. The first-order valence-corrected chi connectivity index (χ1v) is 17.5. The highest BCUT2D eigenvalue weighted by Gasteiger charge is 2.36. The van der Waals surface area contributed by atoms with Gasteiger partial charge in [0.2, 0.25) is 0 Å². The van der Waals surface area contributed by atoms with Gasteiger partial charge in [-0.25, -0.2) is 0 Å². The Hall–Kier alpha value is -6.18. The van der Waals surface area contributed by atoms with Gasteiger partial charge in [0.25, 0.3) is 0 Å². The van der Waals surface area contributed by atoms with Crippen molar-refractivity contribution in [2.45, 2.75) is 19.3 Å². The zero-order chi connectivity index (χ0) is 33.4. The number of hydrogen-bond donors (Lipinski definition) is 0. The Bertz CT molecular complexity index is 2800. The van der Waals surface area contributed by atoms with Crippen LogP contribution in [-0.2, 0) is 5.41 Å². The summed E-state index contributed by atoms with van der Waals surface area (Å²) in [6.45, 7) is 4.74. The van der Waals surface area contributed by atoms with E-state index in [0.29, 0.717) is 0 Å². The molecule has 1 nitrogen and oxygen atoms in total. The Balaban J connectivity index is 1.28. The van der Waals surface area contributed by atoms with Crippen LogP contribution in [0.3, 0.4) is 0 Å². The van der Waals surface area contributed by atoms with E-state index in [9.17, 15) is 0 Å². The van der Waals surface area contributed by atoms with E-state index in [-0.39, 0.29) is 5.41 Å². The molecule has 0 heterocycles. The first kappa shape index (κ1) is 28.8. The Morgan fingerprint density at radius 2 is 0.960 bits per heavy atom. The van der Waals surface area contributed by atoms with Crippen molar-refractivity contribution >= 4 is 60.2 Å². The molecule has 0 aromatic heterocycles. The van der Waals surface area contributed by atoms with Crippen LogP contribution in [-0.4, -0.2) is 0 Å². The van der Waals surface area contributed by atoms with Gasteiger partial charge in [0.05, 0.1) is 11.4 Å². The van der Waals surface area contributed by atoms with E-state index in [1.54, 1.807) is 0 Å². The van der Waals surface area contributed by atoms with Crippen molar-refractivity contribution in [1.82, 2.24) is 0 Å². The molecular weight excluding hydrogens is 603 g/mol. The summed E-state index contributed by atoms with van der Waals surface area (Å²) in [5.74, 6) is 0. The average molecular weight is 638 g/mol. The minimum absolute atomic E-state index is 0.100. The maximum absolute atomic E-state index is 2.51. The van der Waals surface area contributed by atoms with Gasteiger partial charge in [-0.3, -0.25) is 0 Å². The van der Waals surface area contributed by atoms with Gasteiger partial charge in [0, 0.05) is 22.1 Å². The van der Waals surface area contributed by atoms with E-state index in [1.165, 1.54) is 76.5 Å². The highest BCUT2D eigenvalue weighted by atomic mass is 15.1. The summed E-state index contributed by atoms with van der Waals surface area (Å²) in [5.41, 5.74) is 11.2. The lowest BCUT2D eigenvalue weighted by molar-refractivity contribution is 0.661. The maximum Gasteiger partial charge on any atom is 0.0546 e. The van der Waals surface area contributed by atoms with Crippen LogP contribution >= 0.6 is 0 Å². The van der Waals surface area contributed by atoms with Crippen molar-refractivity contribution in [3.8, 4) is 22.3 Å². The summed E-state index contributed by atoms with van der Waals surface area (Å²) in [7, 11) is 0. The number of fused-ring (bicyclic) bond motifs is 7. The summed E-state index contributed by atoms with van der Waals surface area (Å²) >= 11 is 0. The fraction of sp³-hybridized carbons (Fsp3) is 0.0612. The second-order valence-corrected chi connectivity index (χ2v) is 14.2. The summed E-state index contributed by atoms with van der Waals surface area (Å²) in [4.78, 5) is 2.51. The van der Waals surface area contributed by atoms with Crippen LogP contribution in [0.5, 0.6) is 0 Å². The molecule has 1 aliphatic carbocycles. The molecule has 9 aromatic rings. The molecule has 0 fully saturated rings. The molecule has 9 aromatic carbocycles. The van der Waals surface area contributed by atoms with Gasteiger partial charge < -0.3 is 4.90 Å². The number of hydrogen-bond acceptors (Lipinski definition) is 1. The third kappa shape index (κ3) is 4.33. The predicted octanol–water partition coefficient (Wildman–Crippen LogP) is 13.7. The van der Waals surface area contributed by atoms with Crippen LogP contribution in [0.15, 0.2) is 176 Å². The zero-order valence-corrected chi connectivity index (χ0v) is 28.2. The molecule has 0 saturated carbocycles. The van der Waals surface area contributed by atoms with Crippen LogP contribution in [0.1, 0.15) is 25.0 Å². The van der Waals surface area contributed by atoms with Crippen LogP contribution in [0.2, 0.25) is 0 Å². The Labute approximate surface area is 292 Å². The highest BCUT2D eigenvalue weighted by Crippen LogP contribution is 2.53. The minimum atomic E-state index is -0.100. The lowest BCUT2D eigenvalue weighted by Crippen LogP contribution is -2.16. The normalized spacial score (nSPS) is 13.2. The predicted molar refractivity (Wildman–Crippen MR) is 214 cm³/mol. The second kappa shape index (κ2) is 10.9. The van der Waals surface area contributed by atoms with Crippen molar-refractivity contribution in [1.29, 1.82) is 0 Å². The first-order valence-electron chi connectivity index (χ1n) is 17.5. The molecule has 0 amide bonds. The largest absolute Gasteiger partial charge is 0.309 e. The molecule has 50 heavy (non-hydrogen) atoms. The lowest BCUT2D eigenvalue weighted by atomic mass is 9.82. The van der Waals surface area contributed by atoms with E-state index in [4.69, 9.17) is 0 Å². The average Bonchev–Trinajstić information content (AvgIpc) is 3.38. The first-order chi connectivity index (χ1) is 24.5. The van der Waals surface area contributed by atoms with Gasteiger partial charge in [-0.1, -0.05) is 147 Å². The minimum Gasteiger partial charge on any atom is -0.309 e. The van der Waals surface area contributed by atoms with Gasteiger partial charge in [-0.05, 0) is 108 Å². The Morgan fingerprint density at radius 1 is 0.380 bits per heavy atom. The number of nitrogens with zero attached hydrogens (tertiary/aromatic N) is 1. The molecule has 236 valence electrons. The summed E-state index contributed by atoms with van der Waals surface area (Å²) in [5, 5.41) is 9.97. The molecular formula is C49H35N. The van der Waals surface area contributed by atoms with Gasteiger partial charge in [-0.2, -0.15) is 0 Å². The molecule has 0 N–H and O–H groups in total. The van der Waals surface area contributed by atoms with E-state index in [1.807, 2.05) is 0 Å². The number of rotatable bonds is 4. The third-order valence-electron chi connectivity index (χ3n) is 11.0. The molecule has 0 atom stereocenters. The summed E-state index contributed by atoms with van der Waals surface area (Å²) in [6, 6.07) is 65.1. The topological polar surface area (TPSA) is 3.24 Å². The Kier molecular flexibility index (Phi) is 6.29. The molecule has 10 rings (SSSR count). The van der Waals surface area contributed by atoms with Crippen LogP contribution in [0.4, 0.5) is 17.1 Å². The van der Waals surface area contributed by atoms with Crippen LogP contribution < -0.4 is 4.90 Å². The second-order valence-electron chi connectivity index (χ2n) is 14.2. The monoisotopic (exact) mass is 637 g/mol. The van der Waals surface area contributed by atoms with Crippen molar-refractivity contribution in [3.05, 3.63) is 187 Å². The third-order valence-corrected chi connectivity index (χ3v) is 11.0. The molecule has 0 bridgehead atoms. The molecule has 0 unspecified atom stereocenters. The van der Waals surface area contributed by atoms with Gasteiger partial charge in [0.1, 0.15) is 0 Å². The van der Waals surface area contributed by atoms with Crippen molar-refractivity contribution in [2.75, 3.05) is 4.90 Å². The van der Waals surface area contributed by atoms with Crippen LogP contribution in [0.25, 0.3) is 65.3 Å². The van der Waals surface area contributed by atoms with Gasteiger partial charge in [-0.15, -0.1) is 0 Å². The molecule has 1 aliphatic rings. The molecule has 0 saturated heterocycles. The Morgan fingerprint density at radius 3 is 1.74 bits per heavy atom. The van der Waals surface area contributed by atoms with E-state index < -0.39 is 0 Å². The van der Waals surface area contributed by atoms with E-state index >= 15 is 0 Å². The lowest BCUT2D eigenvalue weighted by Gasteiger charge is -2.30. The highest BCUT2D eigenvalue weighted by molar-refractivity contribution is 6.09. The summed E-state index contributed by atoms with van der Waals surface area (Å²) < 4.78 is 0. The smallest absolute Gasteiger partial charge is 0.0546 e. The van der Waals surface area contributed by atoms with Crippen molar-refractivity contribution < 1.29 is 0 Å². The fourth-order valence-electron chi connectivity index (χ4n) is 8.47. The van der Waals surface area contributed by atoms with Crippen molar-refractivity contribution in [3.63, 3.8) is 0 Å².